The Balaban J connectivity index is 1.33. The third-order valence-electron chi connectivity index (χ3n) is 7.47. The first-order chi connectivity index (χ1) is 17.8. The van der Waals surface area contributed by atoms with Gasteiger partial charge in [-0.2, -0.15) is 5.10 Å². The van der Waals surface area contributed by atoms with Crippen LogP contribution in [0.2, 0.25) is 0 Å². The van der Waals surface area contributed by atoms with E-state index in [1.807, 2.05) is 17.9 Å². The minimum absolute atomic E-state index is 0.0588. The van der Waals surface area contributed by atoms with Gasteiger partial charge < -0.3 is 14.5 Å². The van der Waals surface area contributed by atoms with Gasteiger partial charge in [0.15, 0.2) is 5.65 Å². The number of nitrogens with zero attached hydrogens (tertiary/aromatic N) is 5. The molecule has 196 valence electrons. The van der Waals surface area contributed by atoms with Crippen LogP contribution >= 0.6 is 0 Å². The summed E-state index contributed by atoms with van der Waals surface area (Å²) in [5.41, 5.74) is 3.42. The second kappa shape index (κ2) is 10.6. The molecule has 0 spiro atoms. The van der Waals surface area contributed by atoms with Crippen molar-refractivity contribution in [2.75, 3.05) is 32.8 Å². The summed E-state index contributed by atoms with van der Waals surface area (Å²) in [7, 11) is 0. The molecule has 37 heavy (non-hydrogen) atoms. The number of hydrogen-bond acceptors (Lipinski definition) is 5. The molecule has 0 aliphatic carbocycles. The zero-order valence-electron chi connectivity index (χ0n) is 21.7. The molecule has 3 aromatic rings. The van der Waals surface area contributed by atoms with Crippen LogP contribution in [-0.4, -0.2) is 75.1 Å². The summed E-state index contributed by atoms with van der Waals surface area (Å²) in [5.74, 6) is 0.239. The van der Waals surface area contributed by atoms with Gasteiger partial charge in [0.2, 0.25) is 5.91 Å². The minimum atomic E-state index is -0.302. The molecule has 0 bridgehead atoms. The van der Waals surface area contributed by atoms with Gasteiger partial charge in [0.25, 0.3) is 5.91 Å². The largest absolute Gasteiger partial charge is 0.381 e. The zero-order chi connectivity index (χ0) is 26.1. The fraction of sp³-hybridized carbons (Fsp3) is 0.500. The van der Waals surface area contributed by atoms with Crippen molar-refractivity contribution in [2.24, 2.45) is 5.92 Å². The highest BCUT2D eigenvalue weighted by Gasteiger charge is 2.32. The van der Waals surface area contributed by atoms with E-state index in [1.165, 1.54) is 12.1 Å². The fourth-order valence-electron chi connectivity index (χ4n) is 5.28. The third kappa shape index (κ3) is 5.37. The Morgan fingerprint density at radius 3 is 2.54 bits per heavy atom. The number of aromatic nitrogens is 3. The topological polar surface area (TPSA) is 80.0 Å². The number of ether oxygens (including phenoxy) is 1. The molecule has 2 saturated heterocycles. The number of imidazole rings is 1. The van der Waals surface area contributed by atoms with Crippen LogP contribution in [0.25, 0.3) is 16.9 Å². The van der Waals surface area contributed by atoms with Gasteiger partial charge in [-0.3, -0.25) is 9.59 Å². The number of hydrogen-bond donors (Lipinski definition) is 0. The molecule has 2 amide bonds. The van der Waals surface area contributed by atoms with E-state index < -0.39 is 0 Å². The molecular formula is C28H34FN5O3. The van der Waals surface area contributed by atoms with Crippen LogP contribution in [0.5, 0.6) is 0 Å². The molecule has 0 saturated carbocycles. The Morgan fingerprint density at radius 2 is 1.86 bits per heavy atom. The van der Waals surface area contributed by atoms with Crippen molar-refractivity contribution in [3.05, 3.63) is 53.6 Å². The predicted molar refractivity (Wildman–Crippen MR) is 138 cm³/mol. The van der Waals surface area contributed by atoms with Crippen LogP contribution in [0.3, 0.4) is 0 Å². The highest BCUT2D eigenvalue weighted by molar-refractivity contribution is 5.93. The van der Waals surface area contributed by atoms with E-state index >= 15 is 0 Å². The van der Waals surface area contributed by atoms with Gasteiger partial charge in [0.1, 0.15) is 11.5 Å². The first-order valence-electron chi connectivity index (χ1n) is 13.1. The highest BCUT2D eigenvalue weighted by atomic mass is 19.1. The normalized spacial score (nSPS) is 19.1. The summed E-state index contributed by atoms with van der Waals surface area (Å²) < 4.78 is 20.5. The maximum atomic E-state index is 13.4. The predicted octanol–water partition coefficient (Wildman–Crippen LogP) is 4.15. The molecule has 4 heterocycles. The van der Waals surface area contributed by atoms with Gasteiger partial charge in [-0.1, -0.05) is 13.8 Å². The van der Waals surface area contributed by atoms with Crippen molar-refractivity contribution in [2.45, 2.75) is 52.0 Å². The van der Waals surface area contributed by atoms with E-state index in [1.54, 1.807) is 27.7 Å². The van der Waals surface area contributed by atoms with Crippen molar-refractivity contribution < 1.29 is 18.7 Å². The molecule has 2 aliphatic heterocycles. The molecule has 9 heteroatoms. The Hall–Kier alpha value is -3.33. The zero-order valence-corrected chi connectivity index (χ0v) is 21.7. The smallest absolute Gasteiger partial charge is 0.274 e. The molecule has 0 N–H and O–H groups in total. The van der Waals surface area contributed by atoms with Gasteiger partial charge in [-0.25, -0.2) is 13.9 Å². The van der Waals surface area contributed by atoms with E-state index in [9.17, 15) is 14.0 Å². The second-order valence-electron chi connectivity index (χ2n) is 10.5. The standard InChI is InChI=1S/C28H34FN5O3/c1-18(2)23-15-24(21-4-6-22(29)7-5-21)31-34-17-25(30-27(23)34)28(36)32-10-11-33(19(3)16-32)26(35)14-20-8-12-37-13-9-20/h4-7,15,17-20H,8-14,16H2,1-3H3. The summed E-state index contributed by atoms with van der Waals surface area (Å²) in [5, 5.41) is 4.67. The van der Waals surface area contributed by atoms with Gasteiger partial charge >= 0.3 is 0 Å². The Labute approximate surface area is 216 Å². The van der Waals surface area contributed by atoms with E-state index in [-0.39, 0.29) is 29.6 Å². The Bertz CT molecular complexity index is 1280. The van der Waals surface area contributed by atoms with Gasteiger partial charge in [-0.05, 0) is 61.9 Å². The molecule has 1 aromatic carbocycles. The van der Waals surface area contributed by atoms with Crippen molar-refractivity contribution in [3.8, 4) is 11.3 Å². The van der Waals surface area contributed by atoms with Gasteiger partial charge in [-0.15, -0.1) is 0 Å². The number of benzene rings is 1. The number of fused-ring (bicyclic) bond motifs is 1. The lowest BCUT2D eigenvalue weighted by Gasteiger charge is -2.40. The summed E-state index contributed by atoms with van der Waals surface area (Å²) in [6.45, 7) is 9.06. The quantitative estimate of drug-likeness (QED) is 0.518. The SMILES string of the molecule is CC(C)c1cc(-c2ccc(F)cc2)nn2cc(C(=O)N3CCN(C(=O)CC4CCOCC4)C(C)C3)nc12. The van der Waals surface area contributed by atoms with E-state index in [2.05, 4.69) is 23.9 Å². The first kappa shape index (κ1) is 25.3. The third-order valence-corrected chi connectivity index (χ3v) is 7.47. The molecule has 8 nitrogen and oxygen atoms in total. The van der Waals surface area contributed by atoms with E-state index in [0.717, 1.165) is 37.2 Å². The van der Waals surface area contributed by atoms with Crippen molar-refractivity contribution in [1.29, 1.82) is 0 Å². The van der Waals surface area contributed by atoms with Crippen LogP contribution in [0, 0.1) is 11.7 Å². The van der Waals surface area contributed by atoms with Crippen LogP contribution in [0.15, 0.2) is 36.5 Å². The van der Waals surface area contributed by atoms with Crippen LogP contribution in [0.4, 0.5) is 4.39 Å². The Morgan fingerprint density at radius 1 is 1.14 bits per heavy atom. The van der Waals surface area contributed by atoms with E-state index in [4.69, 9.17) is 4.74 Å². The van der Waals surface area contributed by atoms with Gasteiger partial charge in [0, 0.05) is 56.4 Å². The summed E-state index contributed by atoms with van der Waals surface area (Å²) in [6.07, 6.45) is 4.08. The maximum Gasteiger partial charge on any atom is 0.274 e. The average molecular weight is 508 g/mol. The number of carbonyl (C=O) groups is 2. The van der Waals surface area contributed by atoms with E-state index in [0.29, 0.717) is 49.0 Å². The van der Waals surface area contributed by atoms with Crippen LogP contribution < -0.4 is 0 Å². The van der Waals surface area contributed by atoms with Gasteiger partial charge in [0.05, 0.1) is 11.9 Å². The summed E-state index contributed by atoms with van der Waals surface area (Å²) in [6, 6.07) is 8.11. The summed E-state index contributed by atoms with van der Waals surface area (Å²) >= 11 is 0. The molecule has 1 atom stereocenters. The summed E-state index contributed by atoms with van der Waals surface area (Å²) in [4.78, 5) is 34.8. The lowest BCUT2D eigenvalue weighted by atomic mass is 9.95. The molecule has 2 aromatic heterocycles. The molecular weight excluding hydrogens is 473 g/mol. The first-order valence-corrected chi connectivity index (χ1v) is 13.1. The highest BCUT2D eigenvalue weighted by Crippen LogP contribution is 2.27. The molecule has 5 rings (SSSR count). The van der Waals surface area contributed by atoms with Crippen LogP contribution in [-0.2, 0) is 9.53 Å². The van der Waals surface area contributed by atoms with Crippen molar-refractivity contribution in [3.63, 3.8) is 0 Å². The number of halogens is 1. The molecule has 0 radical (unpaired) electrons. The maximum absolute atomic E-state index is 13.4. The number of carbonyl (C=O) groups excluding carboxylic acids is 2. The van der Waals surface area contributed by atoms with Crippen molar-refractivity contribution in [1.82, 2.24) is 24.4 Å². The lowest BCUT2D eigenvalue weighted by Crippen LogP contribution is -2.55. The fourth-order valence-corrected chi connectivity index (χ4v) is 5.28. The van der Waals surface area contributed by atoms with Crippen molar-refractivity contribution >= 4 is 17.5 Å². The van der Waals surface area contributed by atoms with Crippen LogP contribution in [0.1, 0.15) is 62.0 Å². The molecule has 2 aliphatic rings. The minimum Gasteiger partial charge on any atom is -0.381 e. The average Bonchev–Trinajstić information content (AvgIpc) is 3.32. The number of amides is 2. The lowest BCUT2D eigenvalue weighted by molar-refractivity contribution is -0.137. The molecule has 1 unspecified atom stereocenters. The monoisotopic (exact) mass is 507 g/mol. The second-order valence-corrected chi connectivity index (χ2v) is 10.5. The molecule has 2 fully saturated rings. The Kier molecular flexibility index (Phi) is 7.24. The number of piperazine rings is 1. The number of rotatable bonds is 5.